The Morgan fingerprint density at radius 1 is 0.933 bits per heavy atom. The number of nitrogens with zero attached hydrogens (tertiary/aromatic N) is 3. The number of fused-ring (bicyclic) bond motifs is 1. The first-order chi connectivity index (χ1) is 21.8. The van der Waals surface area contributed by atoms with Crippen molar-refractivity contribution >= 4 is 23.3 Å². The first-order valence-electron chi connectivity index (χ1n) is 16.0. The van der Waals surface area contributed by atoms with E-state index in [1.54, 1.807) is 17.3 Å². The standard InChI is InChI=1S/C38H44N4O3/c1-6-7-21-41-34-19-9-8-16-33(34)37(29-14-10-15-30(22-29)45-25-28-13-12-20-39-23-28)42(38(41)44)24-35(43)40-36-31(26(2)3)17-11-18-32(36)27(4)5/h8-20,22-23,26-27,37H,6-7,21,24-25H2,1-5H3,(H,40,43). The van der Waals surface area contributed by atoms with Crippen molar-refractivity contribution in [3.8, 4) is 5.75 Å². The second-order valence-corrected chi connectivity index (χ2v) is 12.3. The van der Waals surface area contributed by atoms with Crippen LogP contribution in [0.2, 0.25) is 0 Å². The van der Waals surface area contributed by atoms with Crippen molar-refractivity contribution in [2.45, 2.75) is 71.9 Å². The fourth-order valence-electron chi connectivity index (χ4n) is 6.01. The number of amides is 3. The molecule has 5 rings (SSSR count). The summed E-state index contributed by atoms with van der Waals surface area (Å²) in [5, 5.41) is 3.23. The Morgan fingerprint density at radius 3 is 2.36 bits per heavy atom. The van der Waals surface area contributed by atoms with Crippen molar-refractivity contribution in [3.05, 3.63) is 119 Å². The van der Waals surface area contributed by atoms with Gasteiger partial charge in [0.15, 0.2) is 0 Å². The summed E-state index contributed by atoms with van der Waals surface area (Å²) in [6, 6.07) is 25.3. The lowest BCUT2D eigenvalue weighted by Gasteiger charge is -2.42. The Morgan fingerprint density at radius 2 is 1.67 bits per heavy atom. The molecule has 2 heterocycles. The van der Waals surface area contributed by atoms with E-state index < -0.39 is 6.04 Å². The third-order valence-electron chi connectivity index (χ3n) is 8.30. The van der Waals surface area contributed by atoms with Crippen LogP contribution in [0.1, 0.15) is 93.2 Å². The number of para-hydroxylation sites is 2. The molecule has 234 valence electrons. The Bertz CT molecular complexity index is 1590. The summed E-state index contributed by atoms with van der Waals surface area (Å²) in [5.74, 6) is 0.928. The van der Waals surface area contributed by atoms with E-state index in [2.05, 4.69) is 69.2 Å². The molecule has 1 unspecified atom stereocenters. The molecule has 0 aliphatic carbocycles. The molecule has 4 aromatic rings. The van der Waals surface area contributed by atoms with Crippen LogP contribution in [0, 0.1) is 0 Å². The minimum atomic E-state index is -0.468. The second-order valence-electron chi connectivity index (χ2n) is 12.3. The topological polar surface area (TPSA) is 74.8 Å². The molecule has 0 saturated heterocycles. The molecule has 7 heteroatoms. The predicted molar refractivity (Wildman–Crippen MR) is 181 cm³/mol. The van der Waals surface area contributed by atoms with Gasteiger partial charge >= 0.3 is 6.03 Å². The van der Waals surface area contributed by atoms with Crippen molar-refractivity contribution in [2.24, 2.45) is 0 Å². The van der Waals surface area contributed by atoms with E-state index in [0.29, 0.717) is 18.9 Å². The maximum atomic E-state index is 14.3. The lowest BCUT2D eigenvalue weighted by atomic mass is 9.92. The van der Waals surface area contributed by atoms with Gasteiger partial charge in [0.2, 0.25) is 5.91 Å². The van der Waals surface area contributed by atoms with E-state index in [1.165, 1.54) is 0 Å². The largest absolute Gasteiger partial charge is 0.489 e. The maximum absolute atomic E-state index is 14.3. The molecule has 1 aliphatic heterocycles. The molecule has 7 nitrogen and oxygen atoms in total. The maximum Gasteiger partial charge on any atom is 0.325 e. The average Bonchev–Trinajstić information content (AvgIpc) is 3.04. The first kappa shape index (κ1) is 31.8. The molecule has 1 N–H and O–H groups in total. The molecular weight excluding hydrogens is 560 g/mol. The van der Waals surface area contributed by atoms with Crippen molar-refractivity contribution in [3.63, 3.8) is 0 Å². The van der Waals surface area contributed by atoms with Crippen LogP contribution in [0.25, 0.3) is 0 Å². The molecule has 0 spiro atoms. The molecule has 0 saturated carbocycles. The Kier molecular flexibility index (Phi) is 10.2. The zero-order valence-electron chi connectivity index (χ0n) is 27.0. The SMILES string of the molecule is CCCCN1C(=O)N(CC(=O)Nc2c(C(C)C)cccc2C(C)C)C(c2cccc(OCc3cccnc3)c2)c2ccccc21. The Hall–Kier alpha value is -4.65. The smallest absolute Gasteiger partial charge is 0.325 e. The lowest BCUT2D eigenvalue weighted by Crippen LogP contribution is -2.52. The van der Waals surface area contributed by atoms with Crippen LogP contribution in [-0.2, 0) is 11.4 Å². The quantitative estimate of drug-likeness (QED) is 0.176. The van der Waals surface area contributed by atoms with Crippen molar-refractivity contribution in [1.82, 2.24) is 9.88 Å². The highest BCUT2D eigenvalue weighted by Crippen LogP contribution is 2.41. The number of carbonyl (C=O) groups is 2. The Labute approximate surface area is 267 Å². The number of hydrogen-bond donors (Lipinski definition) is 1. The fourth-order valence-corrected chi connectivity index (χ4v) is 6.01. The van der Waals surface area contributed by atoms with Crippen LogP contribution in [0.3, 0.4) is 0 Å². The van der Waals surface area contributed by atoms with Crippen LogP contribution in [0.4, 0.5) is 16.2 Å². The van der Waals surface area contributed by atoms with E-state index in [4.69, 9.17) is 4.74 Å². The van der Waals surface area contributed by atoms with Gasteiger partial charge in [-0.15, -0.1) is 0 Å². The van der Waals surface area contributed by atoms with E-state index in [9.17, 15) is 9.59 Å². The molecular formula is C38H44N4O3. The molecule has 1 atom stereocenters. The number of hydrogen-bond acceptors (Lipinski definition) is 4. The van der Waals surface area contributed by atoms with Gasteiger partial charge in [0, 0.05) is 35.8 Å². The molecule has 3 aromatic carbocycles. The minimum absolute atomic E-state index is 0.0921. The highest BCUT2D eigenvalue weighted by atomic mass is 16.5. The number of urea groups is 1. The molecule has 1 aromatic heterocycles. The number of benzene rings is 3. The van der Waals surface area contributed by atoms with E-state index in [-0.39, 0.29) is 30.3 Å². The first-order valence-corrected chi connectivity index (χ1v) is 16.0. The zero-order valence-corrected chi connectivity index (χ0v) is 27.0. The van der Waals surface area contributed by atoms with Gasteiger partial charge in [0.05, 0.1) is 11.7 Å². The fraction of sp³-hybridized carbons (Fsp3) is 0.342. The van der Waals surface area contributed by atoms with Gasteiger partial charge < -0.3 is 15.0 Å². The summed E-state index contributed by atoms with van der Waals surface area (Å²) >= 11 is 0. The van der Waals surface area contributed by atoms with E-state index in [0.717, 1.165) is 52.0 Å². The number of nitrogens with one attached hydrogen (secondary N) is 1. The summed E-state index contributed by atoms with van der Waals surface area (Å²) in [5.41, 5.74) is 6.74. The summed E-state index contributed by atoms with van der Waals surface area (Å²) in [6.07, 6.45) is 5.34. The zero-order chi connectivity index (χ0) is 31.9. The average molecular weight is 605 g/mol. The van der Waals surface area contributed by atoms with Crippen LogP contribution in [0.15, 0.2) is 91.3 Å². The van der Waals surface area contributed by atoms with Gasteiger partial charge in [0.1, 0.15) is 18.9 Å². The number of ether oxygens (including phenoxy) is 1. The summed E-state index contributed by atoms with van der Waals surface area (Å²) in [6.45, 7) is 11.5. The number of pyridine rings is 1. The molecule has 1 aliphatic rings. The van der Waals surface area contributed by atoms with Crippen molar-refractivity contribution < 1.29 is 14.3 Å². The second kappa shape index (κ2) is 14.4. The summed E-state index contributed by atoms with van der Waals surface area (Å²) in [7, 11) is 0. The van der Waals surface area contributed by atoms with Gasteiger partial charge in [-0.25, -0.2) is 4.79 Å². The monoisotopic (exact) mass is 604 g/mol. The number of unbranched alkanes of at least 4 members (excludes halogenated alkanes) is 1. The molecule has 0 fully saturated rings. The summed E-state index contributed by atoms with van der Waals surface area (Å²) in [4.78, 5) is 36.0. The predicted octanol–water partition coefficient (Wildman–Crippen LogP) is 8.68. The third kappa shape index (κ3) is 7.19. The molecule has 3 amide bonds. The number of aromatic nitrogens is 1. The van der Waals surface area contributed by atoms with Gasteiger partial charge in [0.25, 0.3) is 0 Å². The number of anilines is 2. The number of carbonyl (C=O) groups excluding carboxylic acids is 2. The third-order valence-corrected chi connectivity index (χ3v) is 8.30. The highest BCUT2D eigenvalue weighted by molar-refractivity contribution is 6.01. The van der Waals surface area contributed by atoms with E-state index in [1.807, 2.05) is 59.5 Å². The summed E-state index contributed by atoms with van der Waals surface area (Å²) < 4.78 is 6.15. The van der Waals surface area contributed by atoms with E-state index >= 15 is 0 Å². The van der Waals surface area contributed by atoms with Crippen molar-refractivity contribution in [1.29, 1.82) is 0 Å². The normalized spacial score (nSPS) is 14.6. The van der Waals surface area contributed by atoms with Gasteiger partial charge in [-0.1, -0.05) is 95.6 Å². The van der Waals surface area contributed by atoms with Crippen LogP contribution in [-0.4, -0.2) is 34.9 Å². The minimum Gasteiger partial charge on any atom is -0.489 e. The number of rotatable bonds is 12. The molecule has 45 heavy (non-hydrogen) atoms. The van der Waals surface area contributed by atoms with Crippen molar-refractivity contribution in [2.75, 3.05) is 23.3 Å². The van der Waals surface area contributed by atoms with Crippen LogP contribution in [0.5, 0.6) is 5.75 Å². The Balaban J connectivity index is 1.51. The van der Waals surface area contributed by atoms with Gasteiger partial charge in [-0.2, -0.15) is 0 Å². The highest BCUT2D eigenvalue weighted by Gasteiger charge is 2.39. The van der Waals surface area contributed by atoms with Gasteiger partial charge in [-0.05, 0) is 59.2 Å². The van der Waals surface area contributed by atoms with Crippen LogP contribution >= 0.6 is 0 Å². The molecule has 0 bridgehead atoms. The molecule has 0 radical (unpaired) electrons. The lowest BCUT2D eigenvalue weighted by molar-refractivity contribution is -0.117. The van der Waals surface area contributed by atoms with Crippen LogP contribution < -0.4 is 15.0 Å². The van der Waals surface area contributed by atoms with Gasteiger partial charge in [-0.3, -0.25) is 14.7 Å².